The van der Waals surface area contributed by atoms with Crippen LogP contribution in [0.3, 0.4) is 0 Å². The number of carbonyl (C=O) groups excluding carboxylic acids is 1. The number of carbonyl (C=O) groups is 1. The number of hydrogen-bond acceptors (Lipinski definition) is 8. The molecule has 0 aliphatic carbocycles. The Hall–Kier alpha value is -2.30. The molecule has 2 aliphatic heterocycles. The molecule has 1 saturated heterocycles. The monoisotopic (exact) mass is 409 g/mol. The lowest BCUT2D eigenvalue weighted by Gasteiger charge is -2.25. The molecule has 0 saturated carbocycles. The number of esters is 1. The zero-order valence-electron chi connectivity index (χ0n) is 17.0. The highest BCUT2D eigenvalue weighted by molar-refractivity contribution is 5.78. The summed E-state index contributed by atoms with van der Waals surface area (Å²) in [6.45, 7) is 4.97. The van der Waals surface area contributed by atoms with E-state index in [9.17, 15) is 14.5 Å². The minimum absolute atomic E-state index is 0.0729. The number of ether oxygens (including phenoxy) is 4. The first-order valence-corrected chi connectivity index (χ1v) is 9.80. The highest BCUT2D eigenvalue weighted by Gasteiger charge is 2.46. The Balaban J connectivity index is 2.14. The van der Waals surface area contributed by atoms with Gasteiger partial charge in [0.25, 0.3) is 5.56 Å². The molecule has 0 amide bonds. The van der Waals surface area contributed by atoms with E-state index in [0.717, 1.165) is 5.01 Å². The fourth-order valence-corrected chi connectivity index (χ4v) is 4.04. The lowest BCUT2D eigenvalue weighted by Crippen LogP contribution is -2.34. The zero-order valence-corrected chi connectivity index (χ0v) is 17.0. The summed E-state index contributed by atoms with van der Waals surface area (Å²) in [5, 5.41) is 4.03. The third kappa shape index (κ3) is 3.92. The van der Waals surface area contributed by atoms with Crippen LogP contribution >= 0.6 is 0 Å². The Bertz CT molecular complexity index is 817. The zero-order chi connectivity index (χ0) is 21.0. The predicted molar refractivity (Wildman–Crippen MR) is 102 cm³/mol. The molecule has 1 aromatic rings. The number of methoxy groups -OCH3 is 1. The number of rotatable bonds is 9. The van der Waals surface area contributed by atoms with E-state index in [2.05, 4.69) is 5.29 Å². The molecular weight excluding hydrogens is 382 g/mol. The molecule has 29 heavy (non-hydrogen) atoms. The van der Waals surface area contributed by atoms with Crippen LogP contribution in [0.4, 0.5) is 0 Å². The van der Waals surface area contributed by atoms with Crippen LogP contribution in [-0.4, -0.2) is 49.2 Å². The lowest BCUT2D eigenvalue weighted by atomic mass is 9.91. The Morgan fingerprint density at radius 3 is 2.69 bits per heavy atom. The molecule has 10 heteroatoms. The van der Waals surface area contributed by atoms with Crippen molar-refractivity contribution in [3.63, 3.8) is 0 Å². The van der Waals surface area contributed by atoms with Crippen molar-refractivity contribution in [1.82, 2.24) is 9.58 Å². The van der Waals surface area contributed by atoms with E-state index in [4.69, 9.17) is 18.9 Å². The number of nitrogens with zero attached hydrogens (tertiary/aromatic N) is 3. The fourth-order valence-electron chi connectivity index (χ4n) is 4.04. The van der Waals surface area contributed by atoms with Gasteiger partial charge in [-0.25, -0.2) is 5.01 Å². The first kappa shape index (κ1) is 21.4. The minimum Gasteiger partial charge on any atom is -0.466 e. The summed E-state index contributed by atoms with van der Waals surface area (Å²) in [6.07, 6.45) is 0.942. The smallest absolute Gasteiger partial charge is 0.313 e. The van der Waals surface area contributed by atoms with Gasteiger partial charge in [0.1, 0.15) is 6.73 Å². The molecule has 0 N–H and O–H groups in total. The van der Waals surface area contributed by atoms with Crippen LogP contribution in [0.1, 0.15) is 49.4 Å². The lowest BCUT2D eigenvalue weighted by molar-refractivity contribution is -0.163. The highest BCUT2D eigenvalue weighted by atomic mass is 16.7. The van der Waals surface area contributed by atoms with Crippen LogP contribution in [0.15, 0.2) is 16.1 Å². The molecule has 0 radical (unpaired) electrons. The Morgan fingerprint density at radius 2 is 2.10 bits per heavy atom. The molecule has 160 valence electrons. The van der Waals surface area contributed by atoms with Crippen molar-refractivity contribution in [3.8, 4) is 0 Å². The average molecular weight is 409 g/mol. The summed E-state index contributed by atoms with van der Waals surface area (Å²) in [4.78, 5) is 37.2. The van der Waals surface area contributed by atoms with Crippen molar-refractivity contribution in [2.45, 2.75) is 51.5 Å². The van der Waals surface area contributed by atoms with Crippen LogP contribution in [0.5, 0.6) is 0 Å². The van der Waals surface area contributed by atoms with Crippen LogP contribution < -0.4 is 5.56 Å². The van der Waals surface area contributed by atoms with Gasteiger partial charge in [0.05, 0.1) is 43.3 Å². The normalized spacial score (nSPS) is 17.9. The molecule has 10 nitrogen and oxygen atoms in total. The number of pyridine rings is 1. The molecule has 1 unspecified atom stereocenters. The Labute approximate surface area is 168 Å². The second kappa shape index (κ2) is 9.02. The van der Waals surface area contributed by atoms with Gasteiger partial charge in [-0.3, -0.25) is 9.59 Å². The molecule has 3 heterocycles. The van der Waals surface area contributed by atoms with E-state index >= 15 is 0 Å². The van der Waals surface area contributed by atoms with E-state index < -0.39 is 17.7 Å². The quantitative estimate of drug-likeness (QED) is 0.262. The van der Waals surface area contributed by atoms with Gasteiger partial charge in [-0.15, -0.1) is 4.91 Å². The number of fused-ring (bicyclic) bond motifs is 2. The summed E-state index contributed by atoms with van der Waals surface area (Å²) in [5.74, 6) is -2.04. The maximum Gasteiger partial charge on any atom is 0.313 e. The van der Waals surface area contributed by atoms with Gasteiger partial charge in [-0.2, -0.15) is 0 Å². The van der Waals surface area contributed by atoms with Crippen LogP contribution in [0.2, 0.25) is 0 Å². The topological polar surface area (TPSA) is 109 Å². The standard InChI is InChI=1S/C19H27N3O7/c1-4-13(18(24)27-5-2)14-10-16-19(28-8-9-29-19)6-7-22(16)17(23)15(14)11-21(20-25)12-26-3/h10,13H,4-9,11-12H2,1-3H3. The fraction of sp³-hybridized carbons (Fsp3) is 0.684. The Morgan fingerprint density at radius 1 is 1.38 bits per heavy atom. The summed E-state index contributed by atoms with van der Waals surface area (Å²) in [6, 6.07) is 1.79. The molecule has 1 atom stereocenters. The largest absolute Gasteiger partial charge is 0.466 e. The minimum atomic E-state index is -0.964. The SMILES string of the molecule is CCOC(=O)C(CC)c1cc2n(c(=O)c1CN(COC)N=O)CCC21OCCO1. The molecular formula is C19H27N3O7. The molecule has 1 aromatic heterocycles. The molecule has 0 aromatic carbocycles. The van der Waals surface area contributed by atoms with Crippen LogP contribution in [-0.2, 0) is 42.6 Å². The molecule has 3 rings (SSSR count). The number of nitroso groups, excluding NO2 is 1. The average Bonchev–Trinajstić information content (AvgIpc) is 3.33. The predicted octanol–water partition coefficient (Wildman–Crippen LogP) is 1.60. The van der Waals surface area contributed by atoms with Gasteiger partial charge >= 0.3 is 5.97 Å². The van der Waals surface area contributed by atoms with E-state index in [-0.39, 0.29) is 25.4 Å². The van der Waals surface area contributed by atoms with E-state index in [1.54, 1.807) is 17.6 Å². The van der Waals surface area contributed by atoms with Crippen LogP contribution in [0.25, 0.3) is 0 Å². The first-order valence-electron chi connectivity index (χ1n) is 9.80. The second-order valence-electron chi connectivity index (χ2n) is 7.00. The van der Waals surface area contributed by atoms with E-state index in [1.165, 1.54) is 7.11 Å². The van der Waals surface area contributed by atoms with Crippen molar-refractivity contribution in [2.75, 3.05) is 33.7 Å². The first-order chi connectivity index (χ1) is 14.0. The van der Waals surface area contributed by atoms with Gasteiger partial charge in [0.2, 0.25) is 5.79 Å². The van der Waals surface area contributed by atoms with Crippen molar-refractivity contribution in [3.05, 3.63) is 38.1 Å². The highest BCUT2D eigenvalue weighted by Crippen LogP contribution is 2.41. The molecule has 2 aliphatic rings. The van der Waals surface area contributed by atoms with Gasteiger partial charge in [0, 0.05) is 25.6 Å². The van der Waals surface area contributed by atoms with Crippen LogP contribution in [0, 0.1) is 4.91 Å². The maximum absolute atomic E-state index is 13.4. The maximum atomic E-state index is 13.4. The van der Waals surface area contributed by atoms with E-state index in [1.807, 2.05) is 6.92 Å². The van der Waals surface area contributed by atoms with Gasteiger partial charge in [0.15, 0.2) is 0 Å². The van der Waals surface area contributed by atoms with E-state index in [0.29, 0.717) is 49.4 Å². The van der Waals surface area contributed by atoms with Crippen molar-refractivity contribution in [1.29, 1.82) is 0 Å². The second-order valence-corrected chi connectivity index (χ2v) is 7.00. The third-order valence-corrected chi connectivity index (χ3v) is 5.33. The van der Waals surface area contributed by atoms with Gasteiger partial charge < -0.3 is 23.5 Å². The molecule has 0 bridgehead atoms. The van der Waals surface area contributed by atoms with Crippen molar-refractivity contribution < 1.29 is 23.7 Å². The van der Waals surface area contributed by atoms with Crippen molar-refractivity contribution in [2.24, 2.45) is 5.29 Å². The summed E-state index contributed by atoms with van der Waals surface area (Å²) in [7, 11) is 1.43. The summed E-state index contributed by atoms with van der Waals surface area (Å²) < 4.78 is 23.5. The van der Waals surface area contributed by atoms with Crippen molar-refractivity contribution >= 4 is 5.97 Å². The summed E-state index contributed by atoms with van der Waals surface area (Å²) >= 11 is 0. The number of aromatic nitrogens is 1. The Kier molecular flexibility index (Phi) is 6.66. The molecule has 1 spiro atoms. The van der Waals surface area contributed by atoms with Gasteiger partial charge in [-0.05, 0) is 25.0 Å². The third-order valence-electron chi connectivity index (χ3n) is 5.33. The number of hydrogen-bond donors (Lipinski definition) is 0. The summed E-state index contributed by atoms with van der Waals surface area (Å²) in [5.41, 5.74) is 1.13. The van der Waals surface area contributed by atoms with Gasteiger partial charge in [-0.1, -0.05) is 6.92 Å². The molecule has 1 fully saturated rings.